The number of nitrogens with zero attached hydrogens (tertiary/aromatic N) is 1. The van der Waals surface area contributed by atoms with Crippen LogP contribution in [0.4, 0.5) is 4.39 Å². The summed E-state index contributed by atoms with van der Waals surface area (Å²) in [5, 5.41) is 6.35. The number of nitrogens with two attached hydrogens (primary N) is 1. The number of hydrogen-bond acceptors (Lipinski definition) is 3. The minimum absolute atomic E-state index is 0. The number of rotatable bonds is 7. The summed E-state index contributed by atoms with van der Waals surface area (Å²) >= 11 is 0. The van der Waals surface area contributed by atoms with E-state index in [2.05, 4.69) is 15.6 Å². The lowest BCUT2D eigenvalue weighted by Gasteiger charge is -2.18. The molecule has 0 aliphatic carbocycles. The van der Waals surface area contributed by atoms with E-state index in [9.17, 15) is 9.18 Å². The molecule has 0 fully saturated rings. The van der Waals surface area contributed by atoms with E-state index < -0.39 is 5.91 Å². The molecule has 2 aromatic carbocycles. The van der Waals surface area contributed by atoms with Gasteiger partial charge in [0.25, 0.3) is 0 Å². The third-order valence-corrected chi connectivity index (χ3v) is 3.63. The van der Waals surface area contributed by atoms with E-state index in [-0.39, 0.29) is 35.9 Å². The van der Waals surface area contributed by atoms with E-state index in [4.69, 9.17) is 10.5 Å². The van der Waals surface area contributed by atoms with Crippen LogP contribution in [0.15, 0.2) is 53.5 Å². The number of benzene rings is 2. The van der Waals surface area contributed by atoms with Gasteiger partial charge in [-0.1, -0.05) is 12.1 Å². The molecule has 0 aromatic heterocycles. The molecule has 2 rings (SSSR count). The molecule has 0 radical (unpaired) electrons. The summed E-state index contributed by atoms with van der Waals surface area (Å²) in [7, 11) is 1.68. The quantitative estimate of drug-likeness (QED) is 0.319. The van der Waals surface area contributed by atoms with Gasteiger partial charge >= 0.3 is 0 Å². The summed E-state index contributed by atoms with van der Waals surface area (Å²) in [5.41, 5.74) is 6.69. The fourth-order valence-electron chi connectivity index (χ4n) is 2.22. The van der Waals surface area contributed by atoms with Crippen molar-refractivity contribution in [3.05, 3.63) is 65.5 Å². The highest BCUT2D eigenvalue weighted by Crippen LogP contribution is 2.12. The second kappa shape index (κ2) is 11.4. The second-order valence-electron chi connectivity index (χ2n) is 5.75. The van der Waals surface area contributed by atoms with E-state index in [1.165, 1.54) is 12.1 Å². The summed E-state index contributed by atoms with van der Waals surface area (Å²) in [5.74, 6) is 0.491. The summed E-state index contributed by atoms with van der Waals surface area (Å²) in [4.78, 5) is 15.2. The van der Waals surface area contributed by atoms with Crippen molar-refractivity contribution in [1.29, 1.82) is 0 Å². The van der Waals surface area contributed by atoms with Crippen LogP contribution in [0.25, 0.3) is 0 Å². The van der Waals surface area contributed by atoms with Crippen molar-refractivity contribution in [2.24, 2.45) is 10.7 Å². The standard InChI is InChI=1S/C19H23FN4O2.HI/c1-13(26-17-9-7-16(20)8-10-17)11-23-19(22-2)24-12-14-3-5-15(6-4-14)18(21)25;/h3-10,13H,11-12H2,1-2H3,(H2,21,25)(H2,22,23,24);1H. The lowest BCUT2D eigenvalue weighted by Crippen LogP contribution is -2.41. The number of carbonyl (C=O) groups excluding carboxylic acids is 1. The summed E-state index contributed by atoms with van der Waals surface area (Å²) < 4.78 is 18.6. The van der Waals surface area contributed by atoms with Crippen molar-refractivity contribution in [3.63, 3.8) is 0 Å². The SMILES string of the molecule is CN=C(NCc1ccc(C(N)=O)cc1)NCC(C)Oc1ccc(F)cc1.I. The van der Waals surface area contributed by atoms with Crippen LogP contribution in [-0.2, 0) is 6.54 Å². The van der Waals surface area contributed by atoms with Gasteiger partial charge < -0.3 is 21.1 Å². The van der Waals surface area contributed by atoms with Gasteiger partial charge in [-0.05, 0) is 48.9 Å². The van der Waals surface area contributed by atoms with Crippen LogP contribution in [0.3, 0.4) is 0 Å². The summed E-state index contributed by atoms with van der Waals surface area (Å²) in [6.07, 6.45) is -0.131. The molecule has 27 heavy (non-hydrogen) atoms. The topological polar surface area (TPSA) is 88.7 Å². The number of nitrogens with one attached hydrogen (secondary N) is 2. The van der Waals surface area contributed by atoms with Crippen molar-refractivity contribution in [1.82, 2.24) is 10.6 Å². The fraction of sp³-hybridized carbons (Fsp3) is 0.263. The normalized spacial score (nSPS) is 11.9. The molecule has 0 aliphatic heterocycles. The second-order valence-corrected chi connectivity index (χ2v) is 5.75. The van der Waals surface area contributed by atoms with Crippen molar-refractivity contribution >= 4 is 35.8 Å². The number of halogens is 2. The van der Waals surface area contributed by atoms with Crippen LogP contribution in [-0.4, -0.2) is 31.6 Å². The third-order valence-electron chi connectivity index (χ3n) is 3.63. The molecule has 0 heterocycles. The highest BCUT2D eigenvalue weighted by atomic mass is 127. The zero-order valence-electron chi connectivity index (χ0n) is 15.2. The van der Waals surface area contributed by atoms with E-state index in [0.717, 1.165) is 5.56 Å². The lowest BCUT2D eigenvalue weighted by molar-refractivity contribution is 0.100. The molecule has 0 aliphatic rings. The molecular formula is C19H24FIN4O2. The Hall–Kier alpha value is -2.36. The molecule has 1 amide bonds. The fourth-order valence-corrected chi connectivity index (χ4v) is 2.22. The molecule has 2 aromatic rings. The van der Waals surface area contributed by atoms with Gasteiger partial charge in [0, 0.05) is 19.2 Å². The van der Waals surface area contributed by atoms with E-state index in [0.29, 0.717) is 30.4 Å². The molecule has 4 N–H and O–H groups in total. The van der Waals surface area contributed by atoms with Crippen LogP contribution in [0, 0.1) is 5.82 Å². The Morgan fingerprint density at radius 3 is 2.33 bits per heavy atom. The van der Waals surface area contributed by atoms with Crippen molar-refractivity contribution < 1.29 is 13.9 Å². The van der Waals surface area contributed by atoms with Gasteiger partial charge in [-0.25, -0.2) is 4.39 Å². The number of ether oxygens (including phenoxy) is 1. The van der Waals surface area contributed by atoms with Crippen LogP contribution in [0.5, 0.6) is 5.75 Å². The van der Waals surface area contributed by atoms with Gasteiger partial charge in [0.05, 0.1) is 6.54 Å². The number of aliphatic imine (C=N–C) groups is 1. The number of guanidine groups is 1. The Morgan fingerprint density at radius 2 is 1.78 bits per heavy atom. The number of primary amides is 1. The molecule has 8 heteroatoms. The Morgan fingerprint density at radius 1 is 1.15 bits per heavy atom. The molecule has 0 bridgehead atoms. The smallest absolute Gasteiger partial charge is 0.248 e. The average molecular weight is 486 g/mol. The maximum Gasteiger partial charge on any atom is 0.248 e. The van der Waals surface area contributed by atoms with Gasteiger partial charge in [-0.15, -0.1) is 24.0 Å². The first kappa shape index (κ1) is 22.7. The first-order chi connectivity index (χ1) is 12.5. The van der Waals surface area contributed by atoms with Crippen LogP contribution in [0.2, 0.25) is 0 Å². The molecule has 1 unspecified atom stereocenters. The molecule has 0 saturated heterocycles. The van der Waals surface area contributed by atoms with Crippen molar-refractivity contribution in [2.45, 2.75) is 19.6 Å². The predicted octanol–water partition coefficient (Wildman–Crippen LogP) is 2.68. The van der Waals surface area contributed by atoms with E-state index in [1.807, 2.05) is 19.1 Å². The Kier molecular flexibility index (Phi) is 9.55. The van der Waals surface area contributed by atoms with Crippen LogP contribution in [0.1, 0.15) is 22.8 Å². The first-order valence-electron chi connectivity index (χ1n) is 8.23. The highest BCUT2D eigenvalue weighted by molar-refractivity contribution is 14.0. The lowest BCUT2D eigenvalue weighted by atomic mass is 10.1. The predicted molar refractivity (Wildman–Crippen MR) is 115 cm³/mol. The first-order valence-corrected chi connectivity index (χ1v) is 8.23. The van der Waals surface area contributed by atoms with Crippen LogP contribution >= 0.6 is 24.0 Å². The zero-order chi connectivity index (χ0) is 18.9. The van der Waals surface area contributed by atoms with E-state index in [1.54, 1.807) is 31.3 Å². The van der Waals surface area contributed by atoms with Gasteiger partial charge in [-0.3, -0.25) is 9.79 Å². The third kappa shape index (κ3) is 7.81. The van der Waals surface area contributed by atoms with Crippen molar-refractivity contribution in [3.8, 4) is 5.75 Å². The van der Waals surface area contributed by atoms with Gasteiger partial charge in [0.2, 0.25) is 5.91 Å². The minimum atomic E-state index is -0.447. The summed E-state index contributed by atoms with van der Waals surface area (Å²) in [6.45, 7) is 2.98. The van der Waals surface area contributed by atoms with Gasteiger partial charge in [0.1, 0.15) is 17.7 Å². The molecule has 0 spiro atoms. The average Bonchev–Trinajstić information content (AvgIpc) is 2.64. The molecule has 1 atom stereocenters. The minimum Gasteiger partial charge on any atom is -0.489 e. The zero-order valence-corrected chi connectivity index (χ0v) is 17.6. The number of carbonyl (C=O) groups is 1. The number of hydrogen-bond donors (Lipinski definition) is 3. The van der Waals surface area contributed by atoms with Crippen molar-refractivity contribution in [2.75, 3.05) is 13.6 Å². The van der Waals surface area contributed by atoms with Crippen LogP contribution < -0.4 is 21.1 Å². The molecule has 6 nitrogen and oxygen atoms in total. The molecule has 146 valence electrons. The Labute approximate surface area is 175 Å². The Bertz CT molecular complexity index is 751. The highest BCUT2D eigenvalue weighted by Gasteiger charge is 2.06. The molecular weight excluding hydrogens is 462 g/mol. The number of amides is 1. The molecule has 0 saturated carbocycles. The largest absolute Gasteiger partial charge is 0.489 e. The Balaban J connectivity index is 0.00000364. The van der Waals surface area contributed by atoms with Gasteiger partial charge in [-0.2, -0.15) is 0 Å². The summed E-state index contributed by atoms with van der Waals surface area (Å²) in [6, 6.07) is 13.0. The monoisotopic (exact) mass is 486 g/mol. The van der Waals surface area contributed by atoms with E-state index >= 15 is 0 Å². The maximum atomic E-state index is 12.9. The maximum absolute atomic E-state index is 12.9. The van der Waals surface area contributed by atoms with Gasteiger partial charge in [0.15, 0.2) is 5.96 Å².